The molecule has 1 heteroatoms. The molecule has 1 aliphatic carbocycles. The molecule has 1 aliphatic rings. The molecule has 0 aliphatic heterocycles. The fraction of sp³-hybridized carbons (Fsp3) is 1.00. The molecule has 1 N–H and O–H groups in total. The van der Waals surface area contributed by atoms with E-state index in [2.05, 4.69) is 13.8 Å². The molecule has 2 atom stereocenters. The molecule has 0 aromatic carbocycles. The van der Waals surface area contributed by atoms with Gasteiger partial charge in [-0.15, -0.1) is 0 Å². The van der Waals surface area contributed by atoms with Crippen molar-refractivity contribution in [3.8, 4) is 0 Å². The van der Waals surface area contributed by atoms with Gasteiger partial charge in [0, 0.05) is 0 Å². The van der Waals surface area contributed by atoms with Gasteiger partial charge in [0.25, 0.3) is 0 Å². The van der Waals surface area contributed by atoms with Gasteiger partial charge in [0.2, 0.25) is 0 Å². The Morgan fingerprint density at radius 1 is 1.31 bits per heavy atom. The summed E-state index contributed by atoms with van der Waals surface area (Å²) in [5, 5.41) is 9.47. The summed E-state index contributed by atoms with van der Waals surface area (Å²) < 4.78 is 0. The fourth-order valence-electron chi connectivity index (χ4n) is 2.49. The second-order valence-corrected chi connectivity index (χ2v) is 5.02. The standard InChI is InChI=1S/C12H24O/c1-3-4-5-6-8-12(2)9-7-11(13)10-12/h11,13H,3-10H2,1-2H3. The third kappa shape index (κ3) is 3.68. The maximum absolute atomic E-state index is 9.47. The molecule has 1 saturated carbocycles. The maximum Gasteiger partial charge on any atom is 0.0545 e. The lowest BCUT2D eigenvalue weighted by atomic mass is 9.83. The zero-order valence-electron chi connectivity index (χ0n) is 9.18. The summed E-state index contributed by atoms with van der Waals surface area (Å²) in [6, 6.07) is 0. The molecule has 0 spiro atoms. The van der Waals surface area contributed by atoms with Crippen LogP contribution in [-0.4, -0.2) is 11.2 Å². The van der Waals surface area contributed by atoms with E-state index in [0.717, 1.165) is 12.8 Å². The van der Waals surface area contributed by atoms with Gasteiger partial charge < -0.3 is 5.11 Å². The minimum atomic E-state index is -0.00354. The Kier molecular flexibility index (Phi) is 4.24. The highest BCUT2D eigenvalue weighted by atomic mass is 16.3. The van der Waals surface area contributed by atoms with E-state index < -0.39 is 0 Å². The summed E-state index contributed by atoms with van der Waals surface area (Å²) in [6.45, 7) is 4.59. The number of hydrogen-bond donors (Lipinski definition) is 1. The van der Waals surface area contributed by atoms with Gasteiger partial charge in [-0.05, 0) is 31.1 Å². The molecule has 1 fully saturated rings. The van der Waals surface area contributed by atoms with Crippen LogP contribution in [0.2, 0.25) is 0 Å². The Morgan fingerprint density at radius 2 is 2.08 bits per heavy atom. The van der Waals surface area contributed by atoms with E-state index in [1.807, 2.05) is 0 Å². The highest BCUT2D eigenvalue weighted by Crippen LogP contribution is 2.41. The molecule has 0 saturated heterocycles. The molecule has 0 heterocycles. The van der Waals surface area contributed by atoms with E-state index in [0.29, 0.717) is 5.41 Å². The Bertz CT molecular complexity index is 144. The SMILES string of the molecule is CCCCCCC1(C)CCC(O)C1. The monoisotopic (exact) mass is 184 g/mol. The van der Waals surface area contributed by atoms with E-state index >= 15 is 0 Å². The molecule has 0 radical (unpaired) electrons. The molecular formula is C12H24O. The minimum absolute atomic E-state index is 0.00354. The van der Waals surface area contributed by atoms with Crippen molar-refractivity contribution >= 4 is 0 Å². The third-order valence-electron chi connectivity index (χ3n) is 3.44. The fourth-order valence-corrected chi connectivity index (χ4v) is 2.49. The van der Waals surface area contributed by atoms with E-state index in [-0.39, 0.29) is 6.10 Å². The lowest BCUT2D eigenvalue weighted by Gasteiger charge is -2.23. The van der Waals surface area contributed by atoms with E-state index in [1.165, 1.54) is 38.5 Å². The summed E-state index contributed by atoms with van der Waals surface area (Å²) in [5.41, 5.74) is 0.465. The normalized spacial score (nSPS) is 33.9. The van der Waals surface area contributed by atoms with Crippen LogP contribution in [0, 0.1) is 5.41 Å². The molecule has 0 bridgehead atoms. The van der Waals surface area contributed by atoms with Gasteiger partial charge in [0.1, 0.15) is 0 Å². The van der Waals surface area contributed by atoms with Crippen LogP contribution in [0.25, 0.3) is 0 Å². The highest BCUT2D eigenvalue weighted by molar-refractivity contribution is 4.85. The Morgan fingerprint density at radius 3 is 2.62 bits per heavy atom. The van der Waals surface area contributed by atoms with Gasteiger partial charge in [-0.3, -0.25) is 0 Å². The molecule has 13 heavy (non-hydrogen) atoms. The van der Waals surface area contributed by atoms with Crippen molar-refractivity contribution in [1.29, 1.82) is 0 Å². The van der Waals surface area contributed by atoms with Crippen LogP contribution in [0.4, 0.5) is 0 Å². The first-order valence-electron chi connectivity index (χ1n) is 5.84. The number of aliphatic hydroxyl groups is 1. The number of rotatable bonds is 5. The molecular weight excluding hydrogens is 160 g/mol. The van der Waals surface area contributed by atoms with E-state index in [1.54, 1.807) is 0 Å². The average Bonchev–Trinajstić information content (AvgIpc) is 2.41. The zero-order chi connectivity index (χ0) is 9.73. The van der Waals surface area contributed by atoms with Gasteiger partial charge in [0.05, 0.1) is 6.10 Å². The Balaban J connectivity index is 2.12. The molecule has 1 rings (SSSR count). The average molecular weight is 184 g/mol. The van der Waals surface area contributed by atoms with Crippen molar-refractivity contribution in [2.24, 2.45) is 5.41 Å². The number of hydrogen-bond acceptors (Lipinski definition) is 1. The molecule has 2 unspecified atom stereocenters. The summed E-state index contributed by atoms with van der Waals surface area (Å²) in [7, 11) is 0. The predicted molar refractivity (Wildman–Crippen MR) is 56.7 cm³/mol. The minimum Gasteiger partial charge on any atom is -0.393 e. The van der Waals surface area contributed by atoms with E-state index in [4.69, 9.17) is 0 Å². The van der Waals surface area contributed by atoms with Crippen LogP contribution < -0.4 is 0 Å². The molecule has 0 aromatic heterocycles. The Hall–Kier alpha value is -0.0400. The van der Waals surface area contributed by atoms with Crippen LogP contribution in [0.3, 0.4) is 0 Å². The van der Waals surface area contributed by atoms with Crippen LogP contribution in [-0.2, 0) is 0 Å². The molecule has 1 nitrogen and oxygen atoms in total. The van der Waals surface area contributed by atoms with Crippen LogP contribution in [0.1, 0.15) is 65.2 Å². The summed E-state index contributed by atoms with van der Waals surface area (Å²) in [6.07, 6.45) is 10.1. The first kappa shape index (κ1) is 11.0. The topological polar surface area (TPSA) is 20.2 Å². The van der Waals surface area contributed by atoms with Crippen molar-refractivity contribution < 1.29 is 5.11 Å². The third-order valence-corrected chi connectivity index (χ3v) is 3.44. The van der Waals surface area contributed by atoms with Crippen LogP contribution in [0.15, 0.2) is 0 Å². The number of unbranched alkanes of at least 4 members (excludes halogenated alkanes) is 3. The molecule has 0 amide bonds. The van der Waals surface area contributed by atoms with Crippen molar-refractivity contribution in [3.63, 3.8) is 0 Å². The summed E-state index contributed by atoms with van der Waals surface area (Å²) in [5.74, 6) is 0. The summed E-state index contributed by atoms with van der Waals surface area (Å²) >= 11 is 0. The highest BCUT2D eigenvalue weighted by Gasteiger charge is 2.33. The van der Waals surface area contributed by atoms with Gasteiger partial charge in [-0.2, -0.15) is 0 Å². The van der Waals surface area contributed by atoms with Crippen molar-refractivity contribution in [1.82, 2.24) is 0 Å². The largest absolute Gasteiger partial charge is 0.393 e. The van der Waals surface area contributed by atoms with Gasteiger partial charge in [-0.25, -0.2) is 0 Å². The second-order valence-electron chi connectivity index (χ2n) is 5.02. The predicted octanol–water partition coefficient (Wildman–Crippen LogP) is 3.51. The van der Waals surface area contributed by atoms with Crippen molar-refractivity contribution in [3.05, 3.63) is 0 Å². The van der Waals surface area contributed by atoms with E-state index in [9.17, 15) is 5.11 Å². The zero-order valence-corrected chi connectivity index (χ0v) is 9.18. The lowest BCUT2D eigenvalue weighted by Crippen LogP contribution is -2.13. The second kappa shape index (κ2) is 4.99. The van der Waals surface area contributed by atoms with Gasteiger partial charge >= 0.3 is 0 Å². The van der Waals surface area contributed by atoms with Crippen molar-refractivity contribution in [2.75, 3.05) is 0 Å². The quantitative estimate of drug-likeness (QED) is 0.648. The first-order chi connectivity index (χ1) is 6.16. The van der Waals surface area contributed by atoms with Crippen LogP contribution >= 0.6 is 0 Å². The molecule has 78 valence electrons. The Labute approximate surface area is 82.5 Å². The number of aliphatic hydroxyl groups excluding tert-OH is 1. The van der Waals surface area contributed by atoms with Gasteiger partial charge in [-0.1, -0.05) is 39.5 Å². The summed E-state index contributed by atoms with van der Waals surface area (Å²) in [4.78, 5) is 0. The lowest BCUT2D eigenvalue weighted by molar-refractivity contribution is 0.159. The maximum atomic E-state index is 9.47. The smallest absolute Gasteiger partial charge is 0.0545 e. The molecule has 0 aromatic rings. The van der Waals surface area contributed by atoms with Crippen LogP contribution in [0.5, 0.6) is 0 Å². The van der Waals surface area contributed by atoms with Gasteiger partial charge in [0.15, 0.2) is 0 Å². The van der Waals surface area contributed by atoms with Crippen molar-refractivity contribution in [2.45, 2.75) is 71.3 Å². The first-order valence-corrected chi connectivity index (χ1v) is 5.84.